The van der Waals surface area contributed by atoms with Gasteiger partial charge in [-0.25, -0.2) is 4.39 Å². The Kier molecular flexibility index (Phi) is 6.77. The number of anilines is 2. The van der Waals surface area contributed by atoms with Crippen molar-refractivity contribution >= 4 is 17.3 Å². The molecule has 1 N–H and O–H groups in total. The maximum Gasteiger partial charge on any atom is 0.219 e. The standard InChI is InChI=1S/C28H37FN4O/c1-3-21-5-7-22(8-6-21)17-31-18-25-24(26(25)19-31)16-30-23-9-10-28(27(29)15-23)33-12-4-11-32(13-14-33)20(2)34/h5-10,15,24-26,30H,3-4,11-14,16-19H2,1-2H3. The first-order valence-electron chi connectivity index (χ1n) is 12.9. The number of rotatable bonds is 7. The smallest absolute Gasteiger partial charge is 0.219 e. The van der Waals surface area contributed by atoms with Gasteiger partial charge in [0.2, 0.25) is 5.91 Å². The molecule has 0 spiro atoms. The molecule has 2 aromatic carbocycles. The third-order valence-electron chi connectivity index (χ3n) is 8.06. The Hall–Kier alpha value is -2.60. The number of carbonyl (C=O) groups is 1. The summed E-state index contributed by atoms with van der Waals surface area (Å²) in [5, 5.41) is 3.49. The van der Waals surface area contributed by atoms with Crippen molar-refractivity contribution in [2.45, 2.75) is 33.2 Å². The lowest BCUT2D eigenvalue weighted by molar-refractivity contribution is -0.128. The molecule has 3 aliphatic rings. The van der Waals surface area contributed by atoms with Gasteiger partial charge in [0.05, 0.1) is 5.69 Å². The number of nitrogens with zero attached hydrogens (tertiary/aromatic N) is 3. The molecular formula is C28H37FN4O. The van der Waals surface area contributed by atoms with E-state index in [2.05, 4.69) is 46.3 Å². The van der Waals surface area contributed by atoms with Gasteiger partial charge < -0.3 is 15.1 Å². The van der Waals surface area contributed by atoms with Crippen molar-refractivity contribution in [3.8, 4) is 0 Å². The second-order valence-electron chi connectivity index (χ2n) is 10.2. The molecule has 2 aromatic rings. The minimum Gasteiger partial charge on any atom is -0.385 e. The third-order valence-corrected chi connectivity index (χ3v) is 8.06. The van der Waals surface area contributed by atoms with Crippen LogP contribution in [0, 0.1) is 23.6 Å². The van der Waals surface area contributed by atoms with Crippen LogP contribution < -0.4 is 10.2 Å². The summed E-state index contributed by atoms with van der Waals surface area (Å²) in [7, 11) is 0. The number of likely N-dealkylation sites (tertiary alicyclic amines) is 1. The molecule has 0 aromatic heterocycles. The van der Waals surface area contributed by atoms with E-state index in [9.17, 15) is 9.18 Å². The fourth-order valence-electron chi connectivity index (χ4n) is 5.89. The lowest BCUT2D eigenvalue weighted by Gasteiger charge is -2.24. The molecule has 2 saturated heterocycles. The average Bonchev–Trinajstić information content (AvgIpc) is 3.41. The predicted molar refractivity (Wildman–Crippen MR) is 136 cm³/mol. The van der Waals surface area contributed by atoms with E-state index in [-0.39, 0.29) is 11.7 Å². The van der Waals surface area contributed by atoms with Crippen LogP contribution in [0.25, 0.3) is 0 Å². The predicted octanol–water partition coefficient (Wildman–Crippen LogP) is 4.24. The summed E-state index contributed by atoms with van der Waals surface area (Å²) in [5.74, 6) is 2.16. The van der Waals surface area contributed by atoms with Crippen molar-refractivity contribution in [3.63, 3.8) is 0 Å². The number of carbonyl (C=O) groups excluding carboxylic acids is 1. The van der Waals surface area contributed by atoms with Gasteiger partial charge in [0.25, 0.3) is 0 Å². The van der Waals surface area contributed by atoms with Crippen molar-refractivity contribution in [2.24, 2.45) is 17.8 Å². The largest absolute Gasteiger partial charge is 0.385 e. The number of nitrogens with one attached hydrogen (secondary N) is 1. The van der Waals surface area contributed by atoms with Crippen LogP contribution in [0.4, 0.5) is 15.8 Å². The number of hydrogen-bond acceptors (Lipinski definition) is 4. The molecule has 1 saturated carbocycles. The first-order valence-corrected chi connectivity index (χ1v) is 12.9. The second kappa shape index (κ2) is 9.95. The molecule has 34 heavy (non-hydrogen) atoms. The summed E-state index contributed by atoms with van der Waals surface area (Å²) in [6, 6.07) is 14.5. The Morgan fingerprint density at radius 1 is 1.00 bits per heavy atom. The number of hydrogen-bond donors (Lipinski definition) is 1. The average molecular weight is 465 g/mol. The summed E-state index contributed by atoms with van der Waals surface area (Å²) in [5.41, 5.74) is 4.30. The number of benzene rings is 2. The summed E-state index contributed by atoms with van der Waals surface area (Å²) in [6.45, 7) is 11.0. The minimum absolute atomic E-state index is 0.0977. The molecular weight excluding hydrogens is 427 g/mol. The fourth-order valence-corrected chi connectivity index (χ4v) is 5.89. The molecule has 3 fully saturated rings. The van der Waals surface area contributed by atoms with Crippen molar-refractivity contribution in [2.75, 3.05) is 56.0 Å². The van der Waals surface area contributed by atoms with Crippen LogP contribution >= 0.6 is 0 Å². The highest BCUT2D eigenvalue weighted by atomic mass is 19.1. The summed E-state index contributed by atoms with van der Waals surface area (Å²) >= 11 is 0. The Balaban J connectivity index is 1.08. The third kappa shape index (κ3) is 5.07. The molecule has 1 aliphatic carbocycles. The lowest BCUT2D eigenvalue weighted by atomic mass is 10.1. The van der Waals surface area contributed by atoms with Crippen molar-refractivity contribution in [1.29, 1.82) is 0 Å². The van der Waals surface area contributed by atoms with E-state index in [1.165, 1.54) is 24.2 Å². The molecule has 2 unspecified atom stereocenters. The van der Waals surface area contributed by atoms with Crippen LogP contribution in [0.2, 0.25) is 0 Å². The quantitative estimate of drug-likeness (QED) is 0.665. The van der Waals surface area contributed by atoms with E-state index in [0.29, 0.717) is 24.7 Å². The summed E-state index contributed by atoms with van der Waals surface area (Å²) in [6.07, 6.45) is 1.96. The van der Waals surface area contributed by atoms with Gasteiger partial charge in [0.1, 0.15) is 5.82 Å². The van der Waals surface area contributed by atoms with Crippen LogP contribution in [-0.4, -0.2) is 61.5 Å². The molecule has 1 amide bonds. The molecule has 0 radical (unpaired) electrons. The summed E-state index contributed by atoms with van der Waals surface area (Å²) < 4.78 is 14.9. The van der Waals surface area contributed by atoms with E-state index in [1.807, 2.05) is 17.0 Å². The maximum absolute atomic E-state index is 14.9. The monoisotopic (exact) mass is 464 g/mol. The zero-order chi connectivity index (χ0) is 23.7. The number of piperidine rings is 1. The van der Waals surface area contributed by atoms with E-state index in [1.54, 1.807) is 13.0 Å². The lowest BCUT2D eigenvalue weighted by Crippen LogP contribution is -2.33. The van der Waals surface area contributed by atoms with Gasteiger partial charge in [0.15, 0.2) is 0 Å². The Labute approximate surface area is 202 Å². The Bertz CT molecular complexity index is 998. The maximum atomic E-state index is 14.9. The highest BCUT2D eigenvalue weighted by molar-refractivity contribution is 5.73. The number of fused-ring (bicyclic) bond motifs is 1. The SMILES string of the molecule is CCc1ccc(CN2CC3C(CNc4ccc(N5CCCN(C(C)=O)CC5)c(F)c4)C3C2)cc1. The highest BCUT2D eigenvalue weighted by Crippen LogP contribution is 2.51. The molecule has 2 atom stereocenters. The van der Waals surface area contributed by atoms with Crippen molar-refractivity contribution < 1.29 is 9.18 Å². The van der Waals surface area contributed by atoms with Gasteiger partial charge in [-0.3, -0.25) is 9.69 Å². The van der Waals surface area contributed by atoms with Gasteiger partial charge in [-0.05, 0) is 59.9 Å². The second-order valence-corrected chi connectivity index (χ2v) is 10.2. The van der Waals surface area contributed by atoms with E-state index >= 15 is 0 Å². The number of amides is 1. The van der Waals surface area contributed by atoms with Crippen LogP contribution in [0.3, 0.4) is 0 Å². The Morgan fingerprint density at radius 2 is 1.74 bits per heavy atom. The fraction of sp³-hybridized carbons (Fsp3) is 0.536. The normalized spacial score (nSPS) is 24.6. The molecule has 5 rings (SSSR count). The molecule has 6 heteroatoms. The van der Waals surface area contributed by atoms with Crippen LogP contribution in [0.15, 0.2) is 42.5 Å². The molecule has 2 heterocycles. The van der Waals surface area contributed by atoms with Crippen molar-refractivity contribution in [3.05, 3.63) is 59.4 Å². The topological polar surface area (TPSA) is 38.8 Å². The number of aryl methyl sites for hydroxylation is 1. The molecule has 5 nitrogen and oxygen atoms in total. The van der Waals surface area contributed by atoms with Gasteiger partial charge in [0, 0.05) is 65.0 Å². The zero-order valence-corrected chi connectivity index (χ0v) is 20.5. The van der Waals surface area contributed by atoms with E-state index < -0.39 is 0 Å². The summed E-state index contributed by atoms with van der Waals surface area (Å²) in [4.78, 5) is 18.2. The molecule has 0 bridgehead atoms. The molecule has 2 aliphatic heterocycles. The number of halogens is 1. The van der Waals surface area contributed by atoms with Gasteiger partial charge >= 0.3 is 0 Å². The first-order chi connectivity index (χ1) is 16.5. The van der Waals surface area contributed by atoms with Gasteiger partial charge in [-0.2, -0.15) is 0 Å². The van der Waals surface area contributed by atoms with E-state index in [0.717, 1.165) is 56.5 Å². The minimum atomic E-state index is -0.183. The first kappa shape index (κ1) is 23.2. The zero-order valence-electron chi connectivity index (χ0n) is 20.5. The van der Waals surface area contributed by atoms with Gasteiger partial charge in [-0.1, -0.05) is 31.2 Å². The van der Waals surface area contributed by atoms with Gasteiger partial charge in [-0.15, -0.1) is 0 Å². The van der Waals surface area contributed by atoms with Crippen LogP contribution in [-0.2, 0) is 17.8 Å². The molecule has 182 valence electrons. The van der Waals surface area contributed by atoms with E-state index in [4.69, 9.17) is 0 Å². The Morgan fingerprint density at radius 3 is 2.41 bits per heavy atom. The van der Waals surface area contributed by atoms with Crippen LogP contribution in [0.1, 0.15) is 31.4 Å². The van der Waals surface area contributed by atoms with Crippen LogP contribution in [0.5, 0.6) is 0 Å². The highest BCUT2D eigenvalue weighted by Gasteiger charge is 2.54. The van der Waals surface area contributed by atoms with Crippen molar-refractivity contribution in [1.82, 2.24) is 9.80 Å².